The molecule has 0 aliphatic carbocycles. The second-order valence-corrected chi connectivity index (χ2v) is 4.80. The summed E-state index contributed by atoms with van der Waals surface area (Å²) in [6.45, 7) is 2.48. The van der Waals surface area contributed by atoms with Gasteiger partial charge in [-0.3, -0.25) is 0 Å². The molecule has 0 aliphatic heterocycles. The zero-order valence-corrected chi connectivity index (χ0v) is 13.0. The number of rotatable bonds is 5. The highest BCUT2D eigenvalue weighted by Crippen LogP contribution is 2.28. The van der Waals surface area contributed by atoms with Crippen LogP contribution in [-0.2, 0) is 6.54 Å². The molecule has 0 saturated carbocycles. The molecule has 0 radical (unpaired) electrons. The van der Waals surface area contributed by atoms with Crippen molar-refractivity contribution in [3.8, 4) is 11.5 Å². The molecule has 0 saturated heterocycles. The summed E-state index contributed by atoms with van der Waals surface area (Å²) in [5.74, 6) is 1.22. The number of anilines is 1. The van der Waals surface area contributed by atoms with Crippen LogP contribution in [0.4, 0.5) is 10.5 Å². The number of benzene rings is 2. The molecule has 22 heavy (non-hydrogen) atoms. The number of amides is 2. The van der Waals surface area contributed by atoms with Crippen LogP contribution in [0.3, 0.4) is 0 Å². The first-order valence-corrected chi connectivity index (χ1v) is 6.95. The Morgan fingerprint density at radius 2 is 1.86 bits per heavy atom. The lowest BCUT2D eigenvalue weighted by Crippen LogP contribution is -2.28. The molecule has 5 nitrogen and oxygen atoms in total. The second kappa shape index (κ2) is 7.36. The van der Waals surface area contributed by atoms with E-state index in [1.807, 2.05) is 31.2 Å². The summed E-state index contributed by atoms with van der Waals surface area (Å²) < 4.78 is 10.4. The Hall–Kier alpha value is -2.69. The predicted molar refractivity (Wildman–Crippen MR) is 86.6 cm³/mol. The third kappa shape index (κ3) is 3.91. The number of aryl methyl sites for hydroxylation is 1. The monoisotopic (exact) mass is 300 g/mol. The van der Waals surface area contributed by atoms with Crippen molar-refractivity contribution >= 4 is 11.7 Å². The average Bonchev–Trinajstić information content (AvgIpc) is 2.54. The van der Waals surface area contributed by atoms with E-state index in [0.717, 1.165) is 11.1 Å². The Morgan fingerprint density at radius 3 is 2.55 bits per heavy atom. The van der Waals surface area contributed by atoms with Gasteiger partial charge in [-0.2, -0.15) is 0 Å². The van der Waals surface area contributed by atoms with Gasteiger partial charge in [0.25, 0.3) is 0 Å². The first-order valence-electron chi connectivity index (χ1n) is 6.95. The molecule has 2 rings (SSSR count). The van der Waals surface area contributed by atoms with Crippen LogP contribution in [-0.4, -0.2) is 20.3 Å². The van der Waals surface area contributed by atoms with Crippen molar-refractivity contribution in [2.24, 2.45) is 0 Å². The molecule has 0 aromatic heterocycles. The molecular formula is C17H20N2O3. The lowest BCUT2D eigenvalue weighted by atomic mass is 10.1. The maximum absolute atomic E-state index is 12.0. The molecule has 0 bridgehead atoms. The van der Waals surface area contributed by atoms with Gasteiger partial charge >= 0.3 is 6.03 Å². The van der Waals surface area contributed by atoms with Crippen LogP contribution >= 0.6 is 0 Å². The number of carbonyl (C=O) groups excluding carboxylic acids is 1. The smallest absolute Gasteiger partial charge is 0.319 e. The SMILES string of the molecule is COc1ccc(NC(=O)NCc2ccccc2C)c(OC)c1. The Morgan fingerprint density at radius 1 is 1.09 bits per heavy atom. The van der Waals surface area contributed by atoms with Gasteiger partial charge in [-0.15, -0.1) is 0 Å². The van der Waals surface area contributed by atoms with Crippen molar-refractivity contribution in [2.75, 3.05) is 19.5 Å². The quantitative estimate of drug-likeness (QED) is 0.890. The first kappa shape index (κ1) is 15.7. The van der Waals surface area contributed by atoms with Crippen molar-refractivity contribution in [2.45, 2.75) is 13.5 Å². The van der Waals surface area contributed by atoms with Crippen LogP contribution in [0.5, 0.6) is 11.5 Å². The summed E-state index contributed by atoms with van der Waals surface area (Å²) in [6, 6.07) is 12.9. The number of carbonyl (C=O) groups is 1. The number of urea groups is 1. The minimum atomic E-state index is -0.285. The van der Waals surface area contributed by atoms with Gasteiger partial charge in [-0.1, -0.05) is 24.3 Å². The summed E-state index contributed by atoms with van der Waals surface area (Å²) in [4.78, 5) is 12.0. The predicted octanol–water partition coefficient (Wildman–Crippen LogP) is 3.33. The molecular weight excluding hydrogens is 280 g/mol. The lowest BCUT2D eigenvalue weighted by Gasteiger charge is -2.13. The van der Waals surface area contributed by atoms with E-state index in [9.17, 15) is 4.79 Å². The summed E-state index contributed by atoms with van der Waals surface area (Å²) in [5.41, 5.74) is 2.81. The van der Waals surface area contributed by atoms with Crippen molar-refractivity contribution in [3.63, 3.8) is 0 Å². The Balaban J connectivity index is 1.99. The van der Waals surface area contributed by atoms with E-state index < -0.39 is 0 Å². The minimum Gasteiger partial charge on any atom is -0.497 e. The normalized spacial score (nSPS) is 9.95. The molecule has 0 atom stereocenters. The lowest BCUT2D eigenvalue weighted by molar-refractivity contribution is 0.251. The van der Waals surface area contributed by atoms with E-state index in [2.05, 4.69) is 10.6 Å². The van der Waals surface area contributed by atoms with Crippen molar-refractivity contribution in [1.82, 2.24) is 5.32 Å². The van der Waals surface area contributed by atoms with E-state index >= 15 is 0 Å². The second-order valence-electron chi connectivity index (χ2n) is 4.80. The zero-order chi connectivity index (χ0) is 15.9. The van der Waals surface area contributed by atoms with Crippen LogP contribution in [0.1, 0.15) is 11.1 Å². The molecule has 2 aromatic rings. The highest BCUT2D eigenvalue weighted by atomic mass is 16.5. The maximum Gasteiger partial charge on any atom is 0.319 e. The van der Waals surface area contributed by atoms with Gasteiger partial charge < -0.3 is 20.1 Å². The molecule has 0 heterocycles. The minimum absolute atomic E-state index is 0.285. The Labute approximate surface area is 130 Å². The van der Waals surface area contributed by atoms with E-state index in [4.69, 9.17) is 9.47 Å². The van der Waals surface area contributed by atoms with Crippen LogP contribution in [0, 0.1) is 6.92 Å². The fraction of sp³-hybridized carbons (Fsp3) is 0.235. The van der Waals surface area contributed by atoms with Gasteiger partial charge in [0.05, 0.1) is 19.9 Å². The molecule has 2 N–H and O–H groups in total. The van der Waals surface area contributed by atoms with E-state index in [-0.39, 0.29) is 6.03 Å². The topological polar surface area (TPSA) is 59.6 Å². The summed E-state index contributed by atoms with van der Waals surface area (Å²) in [6.07, 6.45) is 0. The van der Waals surface area contributed by atoms with Crippen LogP contribution in [0.15, 0.2) is 42.5 Å². The third-order valence-electron chi connectivity index (χ3n) is 3.36. The molecule has 2 aromatic carbocycles. The molecule has 0 aliphatic rings. The maximum atomic E-state index is 12.0. The fourth-order valence-corrected chi connectivity index (χ4v) is 2.05. The third-order valence-corrected chi connectivity index (χ3v) is 3.36. The van der Waals surface area contributed by atoms with Crippen molar-refractivity contribution in [1.29, 1.82) is 0 Å². The van der Waals surface area contributed by atoms with Gasteiger partial charge in [-0.25, -0.2) is 4.79 Å². The van der Waals surface area contributed by atoms with Gasteiger partial charge in [0.2, 0.25) is 0 Å². The van der Waals surface area contributed by atoms with E-state index in [0.29, 0.717) is 23.7 Å². The van der Waals surface area contributed by atoms with Crippen molar-refractivity contribution < 1.29 is 14.3 Å². The van der Waals surface area contributed by atoms with E-state index in [1.54, 1.807) is 32.4 Å². The molecule has 2 amide bonds. The Kier molecular flexibility index (Phi) is 5.25. The number of methoxy groups -OCH3 is 2. The Bertz CT molecular complexity index is 656. The molecule has 0 unspecified atom stereocenters. The largest absolute Gasteiger partial charge is 0.497 e. The number of nitrogens with one attached hydrogen (secondary N) is 2. The van der Waals surface area contributed by atoms with Crippen LogP contribution in [0.2, 0.25) is 0 Å². The summed E-state index contributed by atoms with van der Waals surface area (Å²) in [7, 11) is 3.13. The molecule has 0 fully saturated rings. The molecule has 0 spiro atoms. The van der Waals surface area contributed by atoms with Crippen LogP contribution in [0.25, 0.3) is 0 Å². The summed E-state index contributed by atoms with van der Waals surface area (Å²) in [5, 5.41) is 5.60. The number of hydrogen-bond donors (Lipinski definition) is 2. The fourth-order valence-electron chi connectivity index (χ4n) is 2.05. The average molecular weight is 300 g/mol. The highest BCUT2D eigenvalue weighted by Gasteiger charge is 2.09. The van der Waals surface area contributed by atoms with Gasteiger partial charge in [0.1, 0.15) is 11.5 Å². The van der Waals surface area contributed by atoms with Gasteiger partial charge in [0.15, 0.2) is 0 Å². The van der Waals surface area contributed by atoms with Gasteiger partial charge in [-0.05, 0) is 30.2 Å². The first-order chi connectivity index (χ1) is 10.6. The van der Waals surface area contributed by atoms with Gasteiger partial charge in [0, 0.05) is 12.6 Å². The highest BCUT2D eigenvalue weighted by molar-refractivity contribution is 5.91. The summed E-state index contributed by atoms with van der Waals surface area (Å²) >= 11 is 0. The number of hydrogen-bond acceptors (Lipinski definition) is 3. The standard InChI is InChI=1S/C17H20N2O3/c1-12-6-4-5-7-13(12)11-18-17(20)19-15-9-8-14(21-2)10-16(15)22-3/h4-10H,11H2,1-3H3,(H2,18,19,20). The molecule has 5 heteroatoms. The van der Waals surface area contributed by atoms with Crippen molar-refractivity contribution in [3.05, 3.63) is 53.6 Å². The number of ether oxygens (including phenoxy) is 2. The zero-order valence-electron chi connectivity index (χ0n) is 13.0. The molecule has 116 valence electrons. The van der Waals surface area contributed by atoms with E-state index in [1.165, 1.54) is 0 Å². The van der Waals surface area contributed by atoms with Crippen LogP contribution < -0.4 is 20.1 Å².